The van der Waals surface area contributed by atoms with Gasteiger partial charge in [-0.25, -0.2) is 4.98 Å². The van der Waals surface area contributed by atoms with Crippen molar-refractivity contribution in [3.05, 3.63) is 46.6 Å². The summed E-state index contributed by atoms with van der Waals surface area (Å²) in [5.41, 5.74) is 1.38. The first-order valence-corrected chi connectivity index (χ1v) is 6.37. The van der Waals surface area contributed by atoms with Crippen LogP contribution in [0.2, 0.25) is 0 Å². The van der Waals surface area contributed by atoms with Crippen molar-refractivity contribution in [1.82, 2.24) is 4.98 Å². The second-order valence-corrected chi connectivity index (χ2v) is 5.10. The van der Waals surface area contributed by atoms with Crippen molar-refractivity contribution in [1.29, 1.82) is 0 Å². The number of oxazole rings is 1. The van der Waals surface area contributed by atoms with E-state index < -0.39 is 0 Å². The molecular formula is C13H13BrN2O2. The Morgan fingerprint density at radius 1 is 1.44 bits per heavy atom. The summed E-state index contributed by atoms with van der Waals surface area (Å²) in [6, 6.07) is 7.38. The topological polar surface area (TPSA) is 55.1 Å². The van der Waals surface area contributed by atoms with Gasteiger partial charge in [-0.05, 0) is 24.1 Å². The number of nitrogens with one attached hydrogen (secondary N) is 1. The highest BCUT2D eigenvalue weighted by molar-refractivity contribution is 9.10. The smallest absolute Gasteiger partial charge is 0.293 e. The Hall–Kier alpha value is -1.62. The molecule has 0 aliphatic carbocycles. The Morgan fingerprint density at radius 3 is 2.89 bits per heavy atom. The van der Waals surface area contributed by atoms with Crippen LogP contribution in [0.5, 0.6) is 0 Å². The Kier molecular flexibility index (Phi) is 3.81. The Morgan fingerprint density at radius 2 is 2.22 bits per heavy atom. The number of hydrogen-bond donors (Lipinski definition) is 1. The van der Waals surface area contributed by atoms with Gasteiger partial charge >= 0.3 is 0 Å². The van der Waals surface area contributed by atoms with E-state index in [1.165, 1.54) is 6.39 Å². The fourth-order valence-corrected chi connectivity index (χ4v) is 1.99. The normalized spacial score (nSPS) is 10.7. The summed E-state index contributed by atoms with van der Waals surface area (Å²) >= 11 is 3.35. The molecule has 18 heavy (non-hydrogen) atoms. The van der Waals surface area contributed by atoms with Gasteiger partial charge < -0.3 is 9.73 Å². The van der Waals surface area contributed by atoms with E-state index in [4.69, 9.17) is 4.42 Å². The lowest BCUT2D eigenvalue weighted by atomic mass is 10.1. The number of halogens is 1. The zero-order valence-electron chi connectivity index (χ0n) is 10.1. The fourth-order valence-electron chi connectivity index (χ4n) is 1.59. The fraction of sp³-hybridized carbons (Fsp3) is 0.231. The third-order valence-electron chi connectivity index (χ3n) is 2.43. The SMILES string of the molecule is CC(C)c1ncoc1C(=O)Nc1cccc(Br)c1. The van der Waals surface area contributed by atoms with Gasteiger partial charge in [0.1, 0.15) is 0 Å². The van der Waals surface area contributed by atoms with E-state index in [0.717, 1.165) is 4.47 Å². The Bertz CT molecular complexity index is 564. The van der Waals surface area contributed by atoms with Gasteiger partial charge in [-0.1, -0.05) is 35.8 Å². The second-order valence-electron chi connectivity index (χ2n) is 4.19. The summed E-state index contributed by atoms with van der Waals surface area (Å²) in [5.74, 6) is 0.131. The number of rotatable bonds is 3. The highest BCUT2D eigenvalue weighted by atomic mass is 79.9. The van der Waals surface area contributed by atoms with E-state index in [0.29, 0.717) is 11.4 Å². The van der Waals surface area contributed by atoms with E-state index in [2.05, 4.69) is 26.2 Å². The lowest BCUT2D eigenvalue weighted by molar-refractivity contribution is 0.0995. The third kappa shape index (κ3) is 2.79. The van der Waals surface area contributed by atoms with Gasteiger partial charge in [-0.15, -0.1) is 0 Å². The van der Waals surface area contributed by atoms with Crippen LogP contribution in [0, 0.1) is 0 Å². The van der Waals surface area contributed by atoms with Gasteiger partial charge in [0.05, 0.1) is 5.69 Å². The largest absolute Gasteiger partial charge is 0.438 e. The molecule has 0 saturated heterocycles. The summed E-state index contributed by atoms with van der Waals surface area (Å²) in [6.45, 7) is 3.93. The molecule has 0 atom stereocenters. The average Bonchev–Trinajstić information content (AvgIpc) is 2.77. The molecule has 0 aliphatic heterocycles. The quantitative estimate of drug-likeness (QED) is 0.938. The molecule has 1 heterocycles. The van der Waals surface area contributed by atoms with E-state index >= 15 is 0 Å². The summed E-state index contributed by atoms with van der Waals surface area (Å²) < 4.78 is 6.06. The summed E-state index contributed by atoms with van der Waals surface area (Å²) in [5, 5.41) is 2.78. The molecule has 94 valence electrons. The van der Waals surface area contributed by atoms with Crippen LogP contribution in [-0.2, 0) is 0 Å². The minimum atomic E-state index is -0.283. The molecule has 0 aliphatic rings. The first kappa shape index (κ1) is 12.8. The predicted octanol–water partition coefficient (Wildman–Crippen LogP) is 3.81. The molecule has 0 unspecified atom stereocenters. The molecule has 0 fully saturated rings. The van der Waals surface area contributed by atoms with Crippen LogP contribution in [0.1, 0.15) is 36.0 Å². The number of carbonyl (C=O) groups is 1. The number of carbonyl (C=O) groups excluding carboxylic acids is 1. The van der Waals surface area contributed by atoms with Crippen LogP contribution in [0.15, 0.2) is 39.5 Å². The third-order valence-corrected chi connectivity index (χ3v) is 2.92. The standard InChI is InChI=1S/C13H13BrN2O2/c1-8(2)11-12(18-7-15-11)13(17)16-10-5-3-4-9(14)6-10/h3-8H,1-2H3,(H,16,17). The first-order chi connectivity index (χ1) is 8.58. The molecule has 0 bridgehead atoms. The van der Waals surface area contributed by atoms with Gasteiger partial charge in [0.2, 0.25) is 5.76 Å². The maximum Gasteiger partial charge on any atom is 0.293 e. The van der Waals surface area contributed by atoms with Crippen molar-refractivity contribution in [2.75, 3.05) is 5.32 Å². The van der Waals surface area contributed by atoms with E-state index in [-0.39, 0.29) is 17.6 Å². The van der Waals surface area contributed by atoms with Gasteiger partial charge in [0, 0.05) is 10.2 Å². The molecule has 0 radical (unpaired) electrons. The lowest BCUT2D eigenvalue weighted by Gasteiger charge is -2.06. The molecule has 4 nitrogen and oxygen atoms in total. The summed E-state index contributed by atoms with van der Waals surface area (Å²) in [7, 11) is 0. The molecule has 1 aromatic heterocycles. The number of anilines is 1. The van der Waals surface area contributed by atoms with Crippen molar-refractivity contribution in [3.8, 4) is 0 Å². The zero-order valence-corrected chi connectivity index (χ0v) is 11.7. The Labute approximate surface area is 114 Å². The molecule has 1 aromatic carbocycles. The van der Waals surface area contributed by atoms with Crippen molar-refractivity contribution >= 4 is 27.5 Å². The van der Waals surface area contributed by atoms with E-state index in [9.17, 15) is 4.79 Å². The van der Waals surface area contributed by atoms with E-state index in [1.807, 2.05) is 38.1 Å². The summed E-state index contributed by atoms with van der Waals surface area (Å²) in [4.78, 5) is 16.1. The van der Waals surface area contributed by atoms with Crippen LogP contribution in [0.3, 0.4) is 0 Å². The van der Waals surface area contributed by atoms with E-state index in [1.54, 1.807) is 0 Å². The van der Waals surface area contributed by atoms with Gasteiger partial charge in [0.25, 0.3) is 5.91 Å². The molecule has 0 saturated carbocycles. The average molecular weight is 309 g/mol. The van der Waals surface area contributed by atoms with Crippen molar-refractivity contribution in [2.45, 2.75) is 19.8 Å². The molecule has 5 heteroatoms. The highest BCUT2D eigenvalue weighted by Gasteiger charge is 2.19. The molecular weight excluding hydrogens is 296 g/mol. The van der Waals surface area contributed by atoms with Gasteiger partial charge in [-0.2, -0.15) is 0 Å². The van der Waals surface area contributed by atoms with Crippen LogP contribution in [0.4, 0.5) is 5.69 Å². The first-order valence-electron chi connectivity index (χ1n) is 5.58. The van der Waals surface area contributed by atoms with Gasteiger partial charge in [-0.3, -0.25) is 4.79 Å². The zero-order chi connectivity index (χ0) is 13.1. The molecule has 1 amide bonds. The molecule has 2 aromatic rings. The molecule has 1 N–H and O–H groups in total. The minimum Gasteiger partial charge on any atom is -0.438 e. The van der Waals surface area contributed by atoms with Crippen LogP contribution >= 0.6 is 15.9 Å². The number of hydrogen-bond acceptors (Lipinski definition) is 3. The highest BCUT2D eigenvalue weighted by Crippen LogP contribution is 2.20. The summed E-state index contributed by atoms with van der Waals surface area (Å²) in [6.07, 6.45) is 1.30. The predicted molar refractivity (Wildman–Crippen MR) is 72.7 cm³/mol. The van der Waals surface area contributed by atoms with Gasteiger partial charge in [0.15, 0.2) is 6.39 Å². The maximum absolute atomic E-state index is 12.1. The van der Waals surface area contributed by atoms with Crippen LogP contribution in [-0.4, -0.2) is 10.9 Å². The van der Waals surface area contributed by atoms with Crippen molar-refractivity contribution in [2.24, 2.45) is 0 Å². The van der Waals surface area contributed by atoms with Crippen molar-refractivity contribution in [3.63, 3.8) is 0 Å². The maximum atomic E-state index is 12.1. The van der Waals surface area contributed by atoms with Crippen LogP contribution < -0.4 is 5.32 Å². The number of nitrogens with zero attached hydrogens (tertiary/aromatic N) is 1. The van der Waals surface area contributed by atoms with Crippen molar-refractivity contribution < 1.29 is 9.21 Å². The lowest BCUT2D eigenvalue weighted by Crippen LogP contribution is -2.13. The Balaban J connectivity index is 2.20. The number of aromatic nitrogens is 1. The molecule has 2 rings (SSSR count). The monoisotopic (exact) mass is 308 g/mol. The van der Waals surface area contributed by atoms with Crippen LogP contribution in [0.25, 0.3) is 0 Å². The number of amides is 1. The number of benzene rings is 1. The second kappa shape index (κ2) is 5.35. The molecule has 0 spiro atoms. The minimum absolute atomic E-state index is 0.145.